The van der Waals surface area contributed by atoms with Crippen LogP contribution in [0, 0.1) is 0 Å². The van der Waals surface area contributed by atoms with Crippen molar-refractivity contribution < 1.29 is 8.42 Å². The Morgan fingerprint density at radius 1 is 1.15 bits per heavy atom. The molecule has 0 unspecified atom stereocenters. The van der Waals surface area contributed by atoms with Gasteiger partial charge in [0, 0.05) is 6.54 Å². The lowest BCUT2D eigenvalue weighted by molar-refractivity contribution is 0.613. The largest absolute Gasteiger partial charge is 0.326 e. The van der Waals surface area contributed by atoms with Gasteiger partial charge in [0.05, 0.1) is 5.75 Å². The van der Waals surface area contributed by atoms with E-state index in [1.54, 1.807) is 0 Å². The summed E-state index contributed by atoms with van der Waals surface area (Å²) in [6.45, 7) is 0.464. The van der Waals surface area contributed by atoms with Crippen LogP contribution < -0.4 is 5.73 Å². The monoisotopic (exact) mass is 199 g/mol. The molecule has 3 nitrogen and oxygen atoms in total. The van der Waals surface area contributed by atoms with Crippen molar-refractivity contribution in [3.05, 3.63) is 35.4 Å². The normalized spacial score (nSPS) is 10.6. The zero-order valence-corrected chi connectivity index (χ0v) is 8.17. The molecule has 1 rings (SSSR count). The van der Waals surface area contributed by atoms with E-state index in [4.69, 9.17) is 5.73 Å². The predicted molar refractivity (Wildman–Crippen MR) is 53.2 cm³/mol. The summed E-state index contributed by atoms with van der Waals surface area (Å²) < 4.78 is 20.8. The second kappa shape index (κ2) is 4.99. The summed E-state index contributed by atoms with van der Waals surface area (Å²) in [5, 5.41) is 0. The molecule has 0 fully saturated rings. The first-order valence-electron chi connectivity index (χ1n) is 4.12. The molecule has 0 saturated carbocycles. The fraction of sp³-hybridized carbons (Fsp3) is 0.333. The summed E-state index contributed by atoms with van der Waals surface area (Å²) in [6, 6.07) is 7.64. The molecule has 0 aliphatic heterocycles. The zero-order valence-electron chi connectivity index (χ0n) is 7.27. The first kappa shape index (κ1) is 10.2. The van der Waals surface area contributed by atoms with Crippen LogP contribution in [0.25, 0.3) is 0 Å². The first-order valence-corrected chi connectivity index (χ1v) is 5.49. The molecule has 0 bridgehead atoms. The average Bonchev–Trinajstić information content (AvgIpc) is 2.15. The minimum Gasteiger partial charge on any atom is -0.326 e. The van der Waals surface area contributed by atoms with Crippen molar-refractivity contribution in [3.8, 4) is 0 Å². The van der Waals surface area contributed by atoms with E-state index in [9.17, 15) is 8.42 Å². The molecule has 0 atom stereocenters. The van der Waals surface area contributed by atoms with Crippen molar-refractivity contribution in [2.75, 3.05) is 5.75 Å². The average molecular weight is 199 g/mol. The Kier molecular flexibility index (Phi) is 3.92. The molecule has 0 aromatic heterocycles. The van der Waals surface area contributed by atoms with Crippen LogP contribution in [0.15, 0.2) is 24.3 Å². The maximum atomic E-state index is 10.4. The van der Waals surface area contributed by atoms with Gasteiger partial charge in [-0.25, -0.2) is 8.42 Å². The Balaban J connectivity index is 2.75. The topological polar surface area (TPSA) is 60.2 Å². The quantitative estimate of drug-likeness (QED) is 0.686. The molecular weight excluding hydrogens is 186 g/mol. The van der Waals surface area contributed by atoms with Crippen LogP contribution in [0.4, 0.5) is 0 Å². The van der Waals surface area contributed by atoms with Crippen molar-refractivity contribution in [2.45, 2.75) is 13.0 Å². The van der Waals surface area contributed by atoms with Gasteiger partial charge in [0.15, 0.2) is 0 Å². The fourth-order valence-electron chi connectivity index (χ4n) is 1.21. The van der Waals surface area contributed by atoms with Gasteiger partial charge in [-0.05, 0) is 17.5 Å². The van der Waals surface area contributed by atoms with Crippen LogP contribution >= 0.6 is 0 Å². The van der Waals surface area contributed by atoms with E-state index >= 15 is 0 Å². The number of benzene rings is 1. The number of thiol groups is 1. The fourth-order valence-corrected chi connectivity index (χ4v) is 1.64. The zero-order chi connectivity index (χ0) is 9.68. The van der Waals surface area contributed by atoms with Crippen LogP contribution in [0.5, 0.6) is 0 Å². The standard InChI is InChI=1S/C9H13NO2S/c10-7-9-4-2-1-3-8(9)5-6-13(11)12/h1-4,13H,5-7,10H2. The van der Waals surface area contributed by atoms with Gasteiger partial charge in [-0.1, -0.05) is 24.3 Å². The molecule has 13 heavy (non-hydrogen) atoms. The molecule has 72 valence electrons. The molecule has 4 heteroatoms. The van der Waals surface area contributed by atoms with Crippen LogP contribution in [0.3, 0.4) is 0 Å². The molecule has 0 heterocycles. The third kappa shape index (κ3) is 3.16. The summed E-state index contributed by atoms with van der Waals surface area (Å²) in [4.78, 5) is 0. The van der Waals surface area contributed by atoms with Gasteiger partial charge < -0.3 is 5.73 Å². The van der Waals surface area contributed by atoms with E-state index in [2.05, 4.69) is 0 Å². The number of nitrogens with two attached hydrogens (primary N) is 1. The highest BCUT2D eigenvalue weighted by Crippen LogP contribution is 2.08. The highest BCUT2D eigenvalue weighted by molar-refractivity contribution is 7.72. The molecule has 0 spiro atoms. The van der Waals surface area contributed by atoms with Crippen molar-refractivity contribution >= 4 is 10.7 Å². The first-order chi connectivity index (χ1) is 6.24. The predicted octanol–water partition coefficient (Wildman–Crippen LogP) is 0.299. The van der Waals surface area contributed by atoms with E-state index in [0.717, 1.165) is 11.1 Å². The van der Waals surface area contributed by atoms with Gasteiger partial charge >= 0.3 is 0 Å². The number of aryl methyl sites for hydroxylation is 1. The van der Waals surface area contributed by atoms with E-state index in [1.807, 2.05) is 24.3 Å². The van der Waals surface area contributed by atoms with Crippen molar-refractivity contribution in [3.63, 3.8) is 0 Å². The third-order valence-electron chi connectivity index (χ3n) is 1.90. The van der Waals surface area contributed by atoms with E-state index in [-0.39, 0.29) is 5.75 Å². The van der Waals surface area contributed by atoms with Crippen LogP contribution in [0.1, 0.15) is 11.1 Å². The molecule has 1 aromatic rings. The Morgan fingerprint density at radius 3 is 2.31 bits per heavy atom. The van der Waals surface area contributed by atoms with E-state index < -0.39 is 10.7 Å². The third-order valence-corrected chi connectivity index (χ3v) is 2.49. The van der Waals surface area contributed by atoms with E-state index in [1.165, 1.54) is 0 Å². The van der Waals surface area contributed by atoms with Crippen LogP contribution in [-0.2, 0) is 23.7 Å². The SMILES string of the molecule is NCc1ccccc1CC[SH](=O)=O. The van der Waals surface area contributed by atoms with Crippen LogP contribution in [0.2, 0.25) is 0 Å². The summed E-state index contributed by atoms with van der Waals surface area (Å²) in [5.41, 5.74) is 7.56. The molecule has 0 amide bonds. The maximum absolute atomic E-state index is 10.4. The molecule has 0 radical (unpaired) electrons. The maximum Gasteiger partial charge on any atom is 0.140 e. The van der Waals surface area contributed by atoms with Crippen molar-refractivity contribution in [1.29, 1.82) is 0 Å². The van der Waals surface area contributed by atoms with Crippen molar-refractivity contribution in [1.82, 2.24) is 0 Å². The number of hydrogen-bond acceptors (Lipinski definition) is 3. The number of hydrogen-bond donors (Lipinski definition) is 2. The summed E-state index contributed by atoms with van der Waals surface area (Å²) in [5.74, 6) is 0.201. The molecule has 0 saturated heterocycles. The molecule has 0 aliphatic carbocycles. The van der Waals surface area contributed by atoms with Crippen molar-refractivity contribution in [2.24, 2.45) is 5.73 Å². The van der Waals surface area contributed by atoms with Gasteiger partial charge in [-0.15, -0.1) is 0 Å². The Hall–Kier alpha value is -0.870. The van der Waals surface area contributed by atoms with Gasteiger partial charge in [-0.2, -0.15) is 0 Å². The van der Waals surface area contributed by atoms with Gasteiger partial charge in [-0.3, -0.25) is 0 Å². The van der Waals surface area contributed by atoms with E-state index in [0.29, 0.717) is 13.0 Å². The van der Waals surface area contributed by atoms with Gasteiger partial charge in [0.1, 0.15) is 10.7 Å². The Labute approximate surface area is 79.5 Å². The lowest BCUT2D eigenvalue weighted by atomic mass is 10.1. The molecular formula is C9H13NO2S. The minimum atomic E-state index is -2.28. The molecule has 0 aliphatic rings. The van der Waals surface area contributed by atoms with Crippen LogP contribution in [-0.4, -0.2) is 14.2 Å². The second-order valence-corrected chi connectivity index (χ2v) is 3.89. The molecule has 1 aromatic carbocycles. The lowest BCUT2D eigenvalue weighted by Crippen LogP contribution is -2.03. The second-order valence-electron chi connectivity index (χ2n) is 2.78. The van der Waals surface area contributed by atoms with Gasteiger partial charge in [0.2, 0.25) is 0 Å². The summed E-state index contributed by atoms with van der Waals surface area (Å²) in [6.07, 6.45) is 0.562. The highest BCUT2D eigenvalue weighted by atomic mass is 32.2. The summed E-state index contributed by atoms with van der Waals surface area (Å²) >= 11 is 0. The Morgan fingerprint density at radius 2 is 1.77 bits per heavy atom. The molecule has 2 N–H and O–H groups in total. The minimum absolute atomic E-state index is 0.201. The smallest absolute Gasteiger partial charge is 0.140 e. The summed E-state index contributed by atoms with van der Waals surface area (Å²) in [7, 11) is -2.28. The van der Waals surface area contributed by atoms with Gasteiger partial charge in [0.25, 0.3) is 0 Å². The highest BCUT2D eigenvalue weighted by Gasteiger charge is 1.99. The lowest BCUT2D eigenvalue weighted by Gasteiger charge is -2.04. The Bertz CT molecular complexity index is 339. The number of rotatable bonds is 4.